The summed E-state index contributed by atoms with van der Waals surface area (Å²) in [6.45, 7) is 2.85. The molecule has 1 amide bonds. The van der Waals surface area contributed by atoms with E-state index in [2.05, 4.69) is 17.1 Å². The number of carbonyl (C=O) groups is 1. The van der Waals surface area contributed by atoms with Crippen molar-refractivity contribution >= 4 is 39.3 Å². The van der Waals surface area contributed by atoms with Crippen LogP contribution in [0.1, 0.15) is 5.56 Å². The lowest BCUT2D eigenvalue weighted by molar-refractivity contribution is -0.131. The number of anilines is 1. The first kappa shape index (κ1) is 23.2. The molecule has 2 aromatic rings. The van der Waals surface area contributed by atoms with Gasteiger partial charge in [-0.25, -0.2) is 12.8 Å². The zero-order valence-electron chi connectivity index (χ0n) is 17.2. The van der Waals surface area contributed by atoms with E-state index in [0.717, 1.165) is 28.7 Å². The third-order valence-corrected chi connectivity index (χ3v) is 6.50. The number of hydrogen-bond acceptors (Lipinski definition) is 4. The molecule has 1 fully saturated rings. The maximum Gasteiger partial charge on any atom is 0.243 e. The van der Waals surface area contributed by atoms with E-state index in [4.69, 9.17) is 11.6 Å². The molecule has 0 saturated carbocycles. The van der Waals surface area contributed by atoms with E-state index in [-0.39, 0.29) is 23.2 Å². The molecular weight excluding hydrogens is 441 g/mol. The van der Waals surface area contributed by atoms with Crippen LogP contribution in [0, 0.1) is 5.82 Å². The molecule has 0 N–H and O–H groups in total. The molecule has 0 aromatic heterocycles. The Labute approximate surface area is 187 Å². The number of nitrogens with zero attached hydrogens (tertiary/aromatic N) is 3. The highest BCUT2D eigenvalue weighted by molar-refractivity contribution is 7.92. The van der Waals surface area contributed by atoms with Crippen LogP contribution >= 0.6 is 11.6 Å². The maximum absolute atomic E-state index is 13.4. The molecule has 0 aliphatic carbocycles. The number of halogens is 2. The number of rotatable bonds is 7. The van der Waals surface area contributed by atoms with Crippen LogP contribution in [0.4, 0.5) is 10.1 Å². The topological polar surface area (TPSA) is 60.9 Å². The highest BCUT2D eigenvalue weighted by Gasteiger charge is 2.26. The van der Waals surface area contributed by atoms with E-state index in [1.807, 2.05) is 30.3 Å². The highest BCUT2D eigenvalue weighted by atomic mass is 35.5. The Morgan fingerprint density at radius 2 is 1.81 bits per heavy atom. The van der Waals surface area contributed by atoms with Crippen molar-refractivity contribution in [2.45, 2.75) is 0 Å². The van der Waals surface area contributed by atoms with Gasteiger partial charge in [-0.1, -0.05) is 54.1 Å². The van der Waals surface area contributed by atoms with E-state index < -0.39 is 15.8 Å². The molecule has 1 aliphatic heterocycles. The monoisotopic (exact) mass is 465 g/mol. The van der Waals surface area contributed by atoms with Gasteiger partial charge in [-0.3, -0.25) is 14.0 Å². The molecule has 0 atom stereocenters. The zero-order chi connectivity index (χ0) is 22.4. The molecule has 9 heteroatoms. The molecule has 2 aromatic carbocycles. The first-order valence-electron chi connectivity index (χ1n) is 9.88. The summed E-state index contributed by atoms with van der Waals surface area (Å²) in [7, 11) is -3.75. The maximum atomic E-state index is 13.4. The molecule has 6 nitrogen and oxygen atoms in total. The minimum atomic E-state index is -3.75. The van der Waals surface area contributed by atoms with Gasteiger partial charge in [-0.2, -0.15) is 0 Å². The molecule has 0 spiro atoms. The fraction of sp³-hybridized carbons (Fsp3) is 0.318. The van der Waals surface area contributed by atoms with Crippen LogP contribution in [0.3, 0.4) is 0 Å². The van der Waals surface area contributed by atoms with E-state index >= 15 is 0 Å². The Hall–Kier alpha value is -2.42. The summed E-state index contributed by atoms with van der Waals surface area (Å²) >= 11 is 5.79. The number of benzene rings is 2. The Bertz CT molecular complexity index is 1040. The van der Waals surface area contributed by atoms with Crippen molar-refractivity contribution in [3.05, 3.63) is 71.0 Å². The van der Waals surface area contributed by atoms with E-state index in [1.165, 1.54) is 12.1 Å². The van der Waals surface area contributed by atoms with Crippen molar-refractivity contribution < 1.29 is 17.6 Å². The first-order chi connectivity index (χ1) is 14.7. The molecule has 3 rings (SSSR count). The molecular formula is C22H25ClFN3O3S. The van der Waals surface area contributed by atoms with Gasteiger partial charge in [0.25, 0.3) is 0 Å². The molecule has 0 bridgehead atoms. The third kappa shape index (κ3) is 6.53. The molecule has 1 heterocycles. The van der Waals surface area contributed by atoms with E-state index in [9.17, 15) is 17.6 Å². The first-order valence-corrected chi connectivity index (χ1v) is 12.1. The van der Waals surface area contributed by atoms with Crippen molar-refractivity contribution in [2.24, 2.45) is 0 Å². The van der Waals surface area contributed by atoms with Gasteiger partial charge in [-0.15, -0.1) is 0 Å². The fourth-order valence-electron chi connectivity index (χ4n) is 3.34. The highest BCUT2D eigenvalue weighted by Crippen LogP contribution is 2.24. The standard InChI is InChI=1S/C22H25ClFN3O3S/c1-31(29,30)27(19-9-10-21(24)20(23)16-19)17-22(28)26-14-12-25(13-15-26)11-5-8-18-6-3-2-4-7-18/h2-10,16H,11-15,17H2,1H3/b8-5+. The Kier molecular flexibility index (Phi) is 7.69. The van der Waals surface area contributed by atoms with Crippen LogP contribution in [-0.2, 0) is 14.8 Å². The number of amides is 1. The smallest absolute Gasteiger partial charge is 0.243 e. The predicted octanol–water partition coefficient (Wildman–Crippen LogP) is 3.10. The minimum Gasteiger partial charge on any atom is -0.339 e. The van der Waals surface area contributed by atoms with Gasteiger partial charge in [0, 0.05) is 32.7 Å². The molecule has 0 unspecified atom stereocenters. The summed E-state index contributed by atoms with van der Waals surface area (Å²) in [5.41, 5.74) is 1.30. The average molecular weight is 466 g/mol. The molecule has 1 aliphatic rings. The quantitative estimate of drug-likeness (QED) is 0.630. The SMILES string of the molecule is CS(=O)(=O)N(CC(=O)N1CCN(C/C=C/c2ccccc2)CC1)c1ccc(F)c(Cl)c1. The van der Waals surface area contributed by atoms with Crippen LogP contribution in [0.5, 0.6) is 0 Å². The lowest BCUT2D eigenvalue weighted by Gasteiger charge is -2.35. The summed E-state index contributed by atoms with van der Waals surface area (Å²) in [6.07, 6.45) is 5.17. The lowest BCUT2D eigenvalue weighted by atomic mass is 10.2. The van der Waals surface area contributed by atoms with Crippen LogP contribution < -0.4 is 4.31 Å². The fourth-order valence-corrected chi connectivity index (χ4v) is 4.36. The van der Waals surface area contributed by atoms with Crippen molar-refractivity contribution in [2.75, 3.05) is 49.8 Å². The summed E-state index contributed by atoms with van der Waals surface area (Å²) in [5, 5.41) is -0.198. The van der Waals surface area contributed by atoms with Crippen molar-refractivity contribution in [1.29, 1.82) is 0 Å². The summed E-state index contributed by atoms with van der Waals surface area (Å²) in [6, 6.07) is 13.6. The Morgan fingerprint density at radius 3 is 2.42 bits per heavy atom. The summed E-state index contributed by atoms with van der Waals surface area (Å²) in [5.74, 6) is -0.951. The number of hydrogen-bond donors (Lipinski definition) is 0. The lowest BCUT2D eigenvalue weighted by Crippen LogP contribution is -2.51. The number of sulfonamides is 1. The average Bonchev–Trinajstić information content (AvgIpc) is 2.74. The van der Waals surface area contributed by atoms with Crippen molar-refractivity contribution in [1.82, 2.24) is 9.80 Å². The van der Waals surface area contributed by atoms with Gasteiger partial charge in [0.1, 0.15) is 12.4 Å². The van der Waals surface area contributed by atoms with Gasteiger partial charge in [-0.05, 0) is 23.8 Å². The second kappa shape index (κ2) is 10.3. The van der Waals surface area contributed by atoms with E-state index in [0.29, 0.717) is 26.2 Å². The molecule has 0 radical (unpaired) electrons. The van der Waals surface area contributed by atoms with Gasteiger partial charge < -0.3 is 4.90 Å². The van der Waals surface area contributed by atoms with Crippen molar-refractivity contribution in [3.63, 3.8) is 0 Å². The second-order valence-electron chi connectivity index (χ2n) is 7.36. The molecule has 31 heavy (non-hydrogen) atoms. The van der Waals surface area contributed by atoms with Gasteiger partial charge in [0.2, 0.25) is 15.9 Å². The summed E-state index contributed by atoms with van der Waals surface area (Å²) < 4.78 is 38.9. The van der Waals surface area contributed by atoms with Crippen LogP contribution in [0.25, 0.3) is 6.08 Å². The normalized spacial score (nSPS) is 15.4. The molecule has 1 saturated heterocycles. The minimum absolute atomic E-state index is 0.159. The molecule has 166 valence electrons. The summed E-state index contributed by atoms with van der Waals surface area (Å²) in [4.78, 5) is 16.7. The van der Waals surface area contributed by atoms with E-state index in [1.54, 1.807) is 4.90 Å². The predicted molar refractivity (Wildman–Crippen MR) is 122 cm³/mol. The Morgan fingerprint density at radius 1 is 1.13 bits per heavy atom. The van der Waals surface area contributed by atoms with Gasteiger partial charge in [0.05, 0.1) is 17.0 Å². The number of piperazine rings is 1. The van der Waals surface area contributed by atoms with Gasteiger partial charge in [0.15, 0.2) is 0 Å². The number of carbonyl (C=O) groups excluding carboxylic acids is 1. The van der Waals surface area contributed by atoms with Crippen LogP contribution in [-0.4, -0.2) is 69.6 Å². The third-order valence-electron chi connectivity index (χ3n) is 5.07. The zero-order valence-corrected chi connectivity index (χ0v) is 18.8. The van der Waals surface area contributed by atoms with Crippen LogP contribution in [0.15, 0.2) is 54.6 Å². The Balaban J connectivity index is 1.56. The second-order valence-corrected chi connectivity index (χ2v) is 9.68. The largest absolute Gasteiger partial charge is 0.339 e. The van der Waals surface area contributed by atoms with Crippen LogP contribution in [0.2, 0.25) is 5.02 Å². The van der Waals surface area contributed by atoms with Crippen molar-refractivity contribution in [3.8, 4) is 0 Å². The van der Waals surface area contributed by atoms with Gasteiger partial charge >= 0.3 is 0 Å².